The average Bonchev–Trinajstić information content (AvgIpc) is 3.15. The second-order valence-electron chi connectivity index (χ2n) is 5.79. The Bertz CT molecular complexity index is 621. The van der Waals surface area contributed by atoms with E-state index in [4.69, 9.17) is 9.47 Å². The quantitative estimate of drug-likeness (QED) is 0.887. The van der Waals surface area contributed by atoms with Crippen LogP contribution in [-0.2, 0) is 0 Å². The molecule has 0 aromatic heterocycles. The number of methoxy groups -OCH3 is 1. The van der Waals surface area contributed by atoms with Gasteiger partial charge >= 0.3 is 0 Å². The van der Waals surface area contributed by atoms with Gasteiger partial charge in [-0.1, -0.05) is 12.1 Å². The van der Waals surface area contributed by atoms with Gasteiger partial charge in [-0.25, -0.2) is 0 Å². The Balaban J connectivity index is 1.56. The maximum absolute atomic E-state index is 10.2. The van der Waals surface area contributed by atoms with Crippen molar-refractivity contribution in [2.24, 2.45) is 0 Å². The van der Waals surface area contributed by atoms with Crippen LogP contribution < -0.4 is 14.4 Å². The molecule has 4 heteroatoms. The van der Waals surface area contributed by atoms with Gasteiger partial charge in [0, 0.05) is 18.8 Å². The van der Waals surface area contributed by atoms with Crippen LogP contribution in [0, 0.1) is 0 Å². The van der Waals surface area contributed by atoms with E-state index in [1.165, 1.54) is 18.5 Å². The van der Waals surface area contributed by atoms with Crippen molar-refractivity contribution in [2.45, 2.75) is 18.9 Å². The third kappa shape index (κ3) is 3.96. The molecule has 23 heavy (non-hydrogen) atoms. The molecule has 3 rings (SSSR count). The van der Waals surface area contributed by atoms with Crippen LogP contribution in [-0.4, -0.2) is 31.9 Å². The number of anilines is 1. The molecule has 1 aliphatic rings. The fraction of sp³-hybridized carbons (Fsp3) is 0.368. The van der Waals surface area contributed by atoms with Crippen molar-refractivity contribution in [2.75, 3.05) is 31.7 Å². The number of benzene rings is 2. The second-order valence-corrected chi connectivity index (χ2v) is 5.79. The minimum atomic E-state index is -0.677. The molecule has 1 heterocycles. The van der Waals surface area contributed by atoms with Crippen LogP contribution >= 0.6 is 0 Å². The lowest BCUT2D eigenvalue weighted by molar-refractivity contribution is 0.108. The molecule has 122 valence electrons. The molecule has 0 saturated carbocycles. The highest BCUT2D eigenvalue weighted by atomic mass is 16.5. The topological polar surface area (TPSA) is 41.9 Å². The monoisotopic (exact) mass is 313 g/mol. The molecule has 0 amide bonds. The van der Waals surface area contributed by atoms with Gasteiger partial charge in [-0.3, -0.25) is 0 Å². The van der Waals surface area contributed by atoms with E-state index in [2.05, 4.69) is 17.0 Å². The van der Waals surface area contributed by atoms with Crippen molar-refractivity contribution in [3.05, 3.63) is 54.1 Å². The van der Waals surface area contributed by atoms with Gasteiger partial charge in [0.2, 0.25) is 0 Å². The van der Waals surface area contributed by atoms with Crippen molar-refractivity contribution in [1.82, 2.24) is 0 Å². The number of aliphatic hydroxyl groups is 1. The Kier molecular flexibility index (Phi) is 5.03. The Hall–Kier alpha value is -2.20. The first-order chi connectivity index (χ1) is 11.3. The zero-order valence-electron chi connectivity index (χ0n) is 13.4. The van der Waals surface area contributed by atoms with Gasteiger partial charge in [0.25, 0.3) is 0 Å². The molecule has 1 saturated heterocycles. The summed E-state index contributed by atoms with van der Waals surface area (Å²) in [5.74, 6) is 1.51. The van der Waals surface area contributed by atoms with Gasteiger partial charge in [0.05, 0.1) is 7.11 Å². The van der Waals surface area contributed by atoms with E-state index in [1.54, 1.807) is 7.11 Å². The molecule has 2 aromatic rings. The fourth-order valence-electron chi connectivity index (χ4n) is 2.85. The number of rotatable bonds is 6. The van der Waals surface area contributed by atoms with Crippen molar-refractivity contribution in [3.8, 4) is 11.5 Å². The number of aliphatic hydroxyl groups excluding tert-OH is 1. The predicted octanol–water partition coefficient (Wildman–Crippen LogP) is 3.41. The fourth-order valence-corrected chi connectivity index (χ4v) is 2.85. The summed E-state index contributed by atoms with van der Waals surface area (Å²) in [6.45, 7) is 2.49. The molecule has 1 unspecified atom stereocenters. The highest BCUT2D eigenvalue weighted by Crippen LogP contribution is 2.24. The van der Waals surface area contributed by atoms with E-state index in [-0.39, 0.29) is 6.61 Å². The molecule has 1 fully saturated rings. The number of hydrogen-bond acceptors (Lipinski definition) is 4. The summed E-state index contributed by atoms with van der Waals surface area (Å²) in [5, 5.41) is 10.2. The van der Waals surface area contributed by atoms with Crippen molar-refractivity contribution in [1.29, 1.82) is 0 Å². The Morgan fingerprint density at radius 1 is 1.04 bits per heavy atom. The highest BCUT2D eigenvalue weighted by molar-refractivity contribution is 5.49. The van der Waals surface area contributed by atoms with Crippen LogP contribution in [0.5, 0.6) is 11.5 Å². The van der Waals surface area contributed by atoms with E-state index in [0.717, 1.165) is 30.2 Å². The lowest BCUT2D eigenvalue weighted by Gasteiger charge is -2.18. The number of nitrogens with zero attached hydrogens (tertiary/aromatic N) is 1. The van der Waals surface area contributed by atoms with E-state index in [1.807, 2.05) is 36.4 Å². The average molecular weight is 313 g/mol. The Labute approximate surface area is 137 Å². The molecule has 0 bridgehead atoms. The van der Waals surface area contributed by atoms with E-state index >= 15 is 0 Å². The number of hydrogen-bond donors (Lipinski definition) is 1. The van der Waals surface area contributed by atoms with Crippen LogP contribution in [0.4, 0.5) is 5.69 Å². The summed E-state index contributed by atoms with van der Waals surface area (Å²) in [4.78, 5) is 2.38. The molecule has 1 aliphatic heterocycles. The van der Waals surface area contributed by atoms with Gasteiger partial charge in [-0.15, -0.1) is 0 Å². The maximum Gasteiger partial charge on any atom is 0.119 e. The summed E-state index contributed by atoms with van der Waals surface area (Å²) in [7, 11) is 1.61. The molecule has 4 nitrogen and oxygen atoms in total. The Morgan fingerprint density at radius 2 is 1.78 bits per heavy atom. The lowest BCUT2D eigenvalue weighted by Crippen LogP contribution is -2.17. The zero-order chi connectivity index (χ0) is 16.1. The van der Waals surface area contributed by atoms with E-state index < -0.39 is 6.10 Å². The van der Waals surface area contributed by atoms with Gasteiger partial charge < -0.3 is 19.5 Å². The summed E-state index contributed by atoms with van der Waals surface area (Å²) in [6.07, 6.45) is 1.86. The van der Waals surface area contributed by atoms with Gasteiger partial charge in [0.15, 0.2) is 0 Å². The second kappa shape index (κ2) is 7.38. The molecular weight excluding hydrogens is 290 g/mol. The third-order valence-corrected chi connectivity index (χ3v) is 4.19. The van der Waals surface area contributed by atoms with Crippen LogP contribution in [0.15, 0.2) is 48.5 Å². The molecule has 1 N–H and O–H groups in total. The van der Waals surface area contributed by atoms with Crippen LogP contribution in [0.1, 0.15) is 24.5 Å². The minimum Gasteiger partial charge on any atom is -0.497 e. The molecule has 0 radical (unpaired) electrons. The lowest BCUT2D eigenvalue weighted by atomic mass is 10.1. The molecule has 2 aromatic carbocycles. The van der Waals surface area contributed by atoms with Crippen molar-refractivity contribution < 1.29 is 14.6 Å². The first-order valence-corrected chi connectivity index (χ1v) is 8.06. The van der Waals surface area contributed by atoms with E-state index in [9.17, 15) is 5.11 Å². The SMILES string of the molecule is COc1cccc(C(O)COc2ccc(N3CCCC3)cc2)c1. The van der Waals surface area contributed by atoms with Gasteiger partial charge in [-0.05, 0) is 54.8 Å². The third-order valence-electron chi connectivity index (χ3n) is 4.19. The first-order valence-electron chi connectivity index (χ1n) is 8.06. The smallest absolute Gasteiger partial charge is 0.119 e. The van der Waals surface area contributed by atoms with Crippen LogP contribution in [0.2, 0.25) is 0 Å². The van der Waals surface area contributed by atoms with Crippen LogP contribution in [0.3, 0.4) is 0 Å². The summed E-state index contributed by atoms with van der Waals surface area (Å²) in [5.41, 5.74) is 2.03. The summed E-state index contributed by atoms with van der Waals surface area (Å²) >= 11 is 0. The standard InChI is InChI=1S/C19H23NO3/c1-22-18-6-4-5-15(13-18)19(21)14-23-17-9-7-16(8-10-17)20-11-2-3-12-20/h4-10,13,19,21H,2-3,11-12,14H2,1H3. The summed E-state index contributed by atoms with van der Waals surface area (Å²) in [6, 6.07) is 15.5. The van der Waals surface area contributed by atoms with Crippen molar-refractivity contribution >= 4 is 5.69 Å². The van der Waals surface area contributed by atoms with Gasteiger partial charge in [0.1, 0.15) is 24.2 Å². The zero-order valence-corrected chi connectivity index (χ0v) is 13.4. The van der Waals surface area contributed by atoms with E-state index in [0.29, 0.717) is 0 Å². The van der Waals surface area contributed by atoms with Gasteiger partial charge in [-0.2, -0.15) is 0 Å². The molecule has 1 atom stereocenters. The number of ether oxygens (including phenoxy) is 2. The Morgan fingerprint density at radius 3 is 2.48 bits per heavy atom. The first kappa shape index (κ1) is 15.7. The largest absolute Gasteiger partial charge is 0.497 e. The summed E-state index contributed by atoms with van der Waals surface area (Å²) < 4.78 is 10.9. The molecule has 0 aliphatic carbocycles. The maximum atomic E-state index is 10.2. The molecular formula is C19H23NO3. The normalized spacial score (nSPS) is 15.5. The van der Waals surface area contributed by atoms with Crippen molar-refractivity contribution in [3.63, 3.8) is 0 Å². The highest BCUT2D eigenvalue weighted by Gasteiger charge is 2.13. The van der Waals surface area contributed by atoms with Crippen LogP contribution in [0.25, 0.3) is 0 Å². The minimum absolute atomic E-state index is 0.218. The predicted molar refractivity (Wildman–Crippen MR) is 91.3 cm³/mol. The molecule has 0 spiro atoms.